The summed E-state index contributed by atoms with van der Waals surface area (Å²) in [5.41, 5.74) is 0.746. The Morgan fingerprint density at radius 1 is 1.17 bits per heavy atom. The topological polar surface area (TPSA) is 61.9 Å². The minimum absolute atomic E-state index is 0.00853. The number of carbonyl (C=O) groups is 2. The van der Waals surface area contributed by atoms with Crippen LogP contribution >= 0.6 is 0 Å². The van der Waals surface area contributed by atoms with E-state index in [0.29, 0.717) is 17.7 Å². The van der Waals surface area contributed by atoms with Crippen LogP contribution in [0.4, 0.5) is 5.69 Å². The molecule has 2 fully saturated rings. The number of benzene rings is 1. The van der Waals surface area contributed by atoms with Gasteiger partial charge in [-0.05, 0) is 62.7 Å². The predicted octanol–water partition coefficient (Wildman–Crippen LogP) is 3.63. The van der Waals surface area contributed by atoms with Gasteiger partial charge in [0.2, 0.25) is 11.8 Å². The molecule has 0 aliphatic carbocycles. The largest absolute Gasteiger partial charge is 0.497 e. The first-order valence-electron chi connectivity index (χ1n) is 11.4. The Kier molecular flexibility index (Phi) is 7.75. The van der Waals surface area contributed by atoms with Crippen molar-refractivity contribution in [2.24, 2.45) is 17.8 Å². The normalized spacial score (nSPS) is 24.3. The fourth-order valence-corrected chi connectivity index (χ4v) is 5.09. The summed E-state index contributed by atoms with van der Waals surface area (Å²) in [6.07, 6.45) is 3.63. The van der Waals surface area contributed by atoms with Crippen LogP contribution in [0.15, 0.2) is 24.3 Å². The minimum atomic E-state index is -0.178. The highest BCUT2D eigenvalue weighted by Crippen LogP contribution is 2.27. The molecule has 0 radical (unpaired) electrons. The Bertz CT molecular complexity index is 720. The van der Waals surface area contributed by atoms with E-state index >= 15 is 0 Å². The van der Waals surface area contributed by atoms with E-state index in [4.69, 9.17) is 4.74 Å². The number of likely N-dealkylation sites (tertiary alicyclic amines) is 2. The maximum Gasteiger partial charge on any atom is 0.241 e. The highest BCUT2D eigenvalue weighted by Gasteiger charge is 2.35. The van der Waals surface area contributed by atoms with Crippen LogP contribution < -0.4 is 10.1 Å². The van der Waals surface area contributed by atoms with E-state index in [0.717, 1.165) is 56.9 Å². The lowest BCUT2D eigenvalue weighted by Crippen LogP contribution is -2.51. The molecule has 3 rings (SSSR count). The van der Waals surface area contributed by atoms with Crippen molar-refractivity contribution >= 4 is 17.5 Å². The molecule has 6 heteroatoms. The maximum absolute atomic E-state index is 13.0. The Morgan fingerprint density at radius 2 is 1.83 bits per heavy atom. The number of amides is 2. The highest BCUT2D eigenvalue weighted by atomic mass is 16.5. The molecule has 2 heterocycles. The second-order valence-electron chi connectivity index (χ2n) is 9.14. The van der Waals surface area contributed by atoms with E-state index in [2.05, 4.69) is 29.0 Å². The van der Waals surface area contributed by atoms with Crippen LogP contribution in [0.3, 0.4) is 0 Å². The first-order chi connectivity index (χ1) is 14.4. The zero-order chi connectivity index (χ0) is 21.7. The molecule has 0 aromatic heterocycles. The summed E-state index contributed by atoms with van der Waals surface area (Å²) in [4.78, 5) is 30.3. The zero-order valence-electron chi connectivity index (χ0n) is 18.9. The van der Waals surface area contributed by atoms with E-state index in [-0.39, 0.29) is 17.9 Å². The number of carbonyl (C=O) groups excluding carboxylic acids is 2. The second kappa shape index (κ2) is 10.3. The summed E-state index contributed by atoms with van der Waals surface area (Å²) < 4.78 is 5.24. The molecule has 2 aliphatic rings. The van der Waals surface area contributed by atoms with E-state index in [9.17, 15) is 9.59 Å². The molecule has 0 unspecified atom stereocenters. The quantitative estimate of drug-likeness (QED) is 0.771. The van der Waals surface area contributed by atoms with Crippen LogP contribution in [-0.4, -0.2) is 60.9 Å². The third-order valence-corrected chi connectivity index (χ3v) is 6.53. The van der Waals surface area contributed by atoms with Gasteiger partial charge in [-0.15, -0.1) is 0 Å². The van der Waals surface area contributed by atoms with Crippen molar-refractivity contribution in [2.75, 3.05) is 38.6 Å². The molecule has 2 amide bonds. The van der Waals surface area contributed by atoms with Gasteiger partial charge in [-0.25, -0.2) is 0 Å². The number of anilines is 1. The third-order valence-electron chi connectivity index (χ3n) is 6.53. The average molecular weight is 416 g/mol. The van der Waals surface area contributed by atoms with Crippen molar-refractivity contribution in [1.29, 1.82) is 0 Å². The van der Waals surface area contributed by atoms with Gasteiger partial charge >= 0.3 is 0 Å². The summed E-state index contributed by atoms with van der Waals surface area (Å²) in [5, 5.41) is 3.02. The molecular weight excluding hydrogens is 378 g/mol. The monoisotopic (exact) mass is 415 g/mol. The van der Waals surface area contributed by atoms with Crippen molar-refractivity contribution in [3.05, 3.63) is 24.3 Å². The molecule has 166 valence electrons. The summed E-state index contributed by atoms with van der Waals surface area (Å²) >= 11 is 0. The van der Waals surface area contributed by atoms with E-state index in [1.54, 1.807) is 7.11 Å². The smallest absolute Gasteiger partial charge is 0.241 e. The van der Waals surface area contributed by atoms with Crippen LogP contribution in [0.2, 0.25) is 0 Å². The van der Waals surface area contributed by atoms with Gasteiger partial charge in [0.15, 0.2) is 0 Å². The number of nitrogens with one attached hydrogen (secondary N) is 1. The molecule has 2 saturated heterocycles. The number of ether oxygens (including phenoxy) is 1. The zero-order valence-corrected chi connectivity index (χ0v) is 18.9. The van der Waals surface area contributed by atoms with Gasteiger partial charge in [-0.3, -0.25) is 14.5 Å². The van der Waals surface area contributed by atoms with Crippen molar-refractivity contribution in [2.45, 2.75) is 52.5 Å². The number of hydrogen-bond acceptors (Lipinski definition) is 4. The lowest BCUT2D eigenvalue weighted by atomic mass is 9.88. The van der Waals surface area contributed by atoms with Gasteiger partial charge in [0.1, 0.15) is 5.75 Å². The first-order valence-corrected chi connectivity index (χ1v) is 11.4. The Balaban J connectivity index is 1.54. The van der Waals surface area contributed by atoms with Crippen LogP contribution in [0.1, 0.15) is 46.5 Å². The number of methoxy groups -OCH3 is 1. The molecule has 1 aromatic rings. The standard InChI is InChI=1S/C24H37N3O3/c1-5-22(23(28)25-20-7-6-8-21(14-20)30-4)26-11-9-19(10-12-26)24(29)27-15-17(2)13-18(3)16-27/h6-8,14,17-19,22H,5,9-13,15-16H2,1-4H3,(H,25,28)/t17-,18+,22-/m0/s1. The number of nitrogens with zero attached hydrogens (tertiary/aromatic N) is 2. The summed E-state index contributed by atoms with van der Waals surface area (Å²) in [6, 6.07) is 7.25. The van der Waals surface area contributed by atoms with Crippen molar-refractivity contribution < 1.29 is 14.3 Å². The number of hydrogen-bond donors (Lipinski definition) is 1. The van der Waals surface area contributed by atoms with Crippen LogP contribution in [0.25, 0.3) is 0 Å². The minimum Gasteiger partial charge on any atom is -0.497 e. The Hall–Kier alpha value is -2.08. The molecule has 0 spiro atoms. The lowest BCUT2D eigenvalue weighted by molar-refractivity contribution is -0.140. The number of piperidine rings is 2. The molecule has 2 aliphatic heterocycles. The van der Waals surface area contributed by atoms with Crippen LogP contribution in [0, 0.1) is 17.8 Å². The third kappa shape index (κ3) is 5.54. The van der Waals surface area contributed by atoms with Gasteiger partial charge < -0.3 is 15.0 Å². The fraction of sp³-hybridized carbons (Fsp3) is 0.667. The Morgan fingerprint density at radius 3 is 2.43 bits per heavy atom. The first kappa shape index (κ1) is 22.6. The van der Waals surface area contributed by atoms with Gasteiger partial charge in [0, 0.05) is 30.8 Å². The average Bonchev–Trinajstić information content (AvgIpc) is 2.73. The molecule has 1 aromatic carbocycles. The molecule has 3 atom stereocenters. The van der Waals surface area contributed by atoms with Gasteiger partial charge in [-0.1, -0.05) is 26.8 Å². The van der Waals surface area contributed by atoms with E-state index in [1.165, 1.54) is 6.42 Å². The lowest BCUT2D eigenvalue weighted by Gasteiger charge is -2.40. The van der Waals surface area contributed by atoms with Gasteiger partial charge in [-0.2, -0.15) is 0 Å². The van der Waals surface area contributed by atoms with Crippen LogP contribution in [-0.2, 0) is 9.59 Å². The van der Waals surface area contributed by atoms with Gasteiger partial charge in [0.25, 0.3) is 0 Å². The van der Waals surface area contributed by atoms with Crippen molar-refractivity contribution in [1.82, 2.24) is 9.80 Å². The maximum atomic E-state index is 13.0. The molecule has 1 N–H and O–H groups in total. The summed E-state index contributed by atoms with van der Waals surface area (Å²) in [7, 11) is 1.62. The summed E-state index contributed by atoms with van der Waals surface area (Å²) in [6.45, 7) is 9.90. The van der Waals surface area contributed by atoms with E-state index < -0.39 is 0 Å². The summed E-state index contributed by atoms with van der Waals surface area (Å²) in [5.74, 6) is 2.32. The highest BCUT2D eigenvalue weighted by molar-refractivity contribution is 5.95. The van der Waals surface area contributed by atoms with Gasteiger partial charge in [0.05, 0.1) is 13.2 Å². The molecule has 0 bridgehead atoms. The SMILES string of the molecule is CC[C@@H](C(=O)Nc1cccc(OC)c1)N1CCC(C(=O)N2C[C@H](C)C[C@H](C)C2)CC1. The van der Waals surface area contributed by atoms with Crippen molar-refractivity contribution in [3.8, 4) is 5.75 Å². The molecule has 6 nitrogen and oxygen atoms in total. The van der Waals surface area contributed by atoms with Crippen molar-refractivity contribution in [3.63, 3.8) is 0 Å². The predicted molar refractivity (Wildman–Crippen MR) is 120 cm³/mol. The fourth-order valence-electron chi connectivity index (χ4n) is 5.09. The molecule has 30 heavy (non-hydrogen) atoms. The molecule has 0 saturated carbocycles. The van der Waals surface area contributed by atoms with Crippen LogP contribution in [0.5, 0.6) is 5.75 Å². The number of rotatable bonds is 6. The second-order valence-corrected chi connectivity index (χ2v) is 9.14. The Labute approximate surface area is 180 Å². The van der Waals surface area contributed by atoms with E-state index in [1.807, 2.05) is 31.2 Å². The molecular formula is C24H37N3O3.